The summed E-state index contributed by atoms with van der Waals surface area (Å²) in [5.74, 6) is 0.879. The number of hydrogen-bond donors (Lipinski definition) is 1. The summed E-state index contributed by atoms with van der Waals surface area (Å²) >= 11 is 1.18. The predicted octanol–water partition coefficient (Wildman–Crippen LogP) is 2.91. The summed E-state index contributed by atoms with van der Waals surface area (Å²) in [7, 11) is 3.10. The second-order valence-corrected chi connectivity index (χ2v) is 8.48. The molecule has 0 aliphatic heterocycles. The van der Waals surface area contributed by atoms with Gasteiger partial charge in [0.15, 0.2) is 23.1 Å². The lowest BCUT2D eigenvalue weighted by Gasteiger charge is -2.23. The average Bonchev–Trinajstić information content (AvgIpc) is 2.86. The van der Waals surface area contributed by atoms with E-state index < -0.39 is 5.25 Å². The van der Waals surface area contributed by atoms with Gasteiger partial charge in [-0.05, 0) is 6.07 Å². The number of methoxy groups -OCH3 is 2. The number of hydrogen-bond acceptors (Lipinski definition) is 10. The van der Waals surface area contributed by atoms with Crippen LogP contribution in [0.25, 0.3) is 10.9 Å². The Kier molecular flexibility index (Phi) is 7.51. The molecule has 10 heteroatoms. The van der Waals surface area contributed by atoms with Gasteiger partial charge in [-0.15, -0.1) is 11.8 Å². The lowest BCUT2D eigenvalue weighted by molar-refractivity contribution is 0.0969. The summed E-state index contributed by atoms with van der Waals surface area (Å²) in [5.41, 5.74) is 1.27. The highest BCUT2D eigenvalue weighted by atomic mass is 32.2. The van der Waals surface area contributed by atoms with Crippen molar-refractivity contribution in [3.8, 4) is 11.5 Å². The molecule has 2 aromatic carbocycles. The van der Waals surface area contributed by atoms with Crippen LogP contribution in [0, 0.1) is 0 Å². The first-order chi connectivity index (χ1) is 16.6. The number of aliphatic hydroxyl groups excluding tert-OH is 1. The molecule has 0 saturated carbocycles. The predicted molar refractivity (Wildman–Crippen MR) is 129 cm³/mol. The number of carbonyl (C=O) groups excluding carboxylic acids is 2. The van der Waals surface area contributed by atoms with Crippen molar-refractivity contribution in [3.05, 3.63) is 53.9 Å². The molecule has 0 amide bonds. The Hall–Kier alpha value is -3.34. The van der Waals surface area contributed by atoms with Crippen LogP contribution < -0.4 is 9.47 Å². The van der Waals surface area contributed by atoms with Crippen molar-refractivity contribution >= 4 is 45.8 Å². The Morgan fingerprint density at radius 2 is 1.85 bits per heavy atom. The second-order valence-electron chi connectivity index (χ2n) is 7.27. The summed E-state index contributed by atoms with van der Waals surface area (Å²) in [6.45, 7) is 0.615. The van der Waals surface area contributed by atoms with E-state index in [1.165, 1.54) is 25.2 Å². The Balaban J connectivity index is 1.82. The van der Waals surface area contributed by atoms with E-state index in [9.17, 15) is 14.7 Å². The normalized spacial score (nSPS) is 16.7. The van der Waals surface area contributed by atoms with Crippen LogP contribution in [0.3, 0.4) is 0 Å². The van der Waals surface area contributed by atoms with Crippen molar-refractivity contribution in [2.75, 3.05) is 39.8 Å². The molecule has 1 atom stereocenters. The van der Waals surface area contributed by atoms with Crippen LogP contribution in [0.1, 0.15) is 20.7 Å². The fourth-order valence-corrected chi connectivity index (χ4v) is 4.55. The van der Waals surface area contributed by atoms with Gasteiger partial charge in [-0.2, -0.15) is 0 Å². The van der Waals surface area contributed by atoms with Crippen molar-refractivity contribution in [1.82, 2.24) is 9.97 Å². The number of ether oxygens (including phenoxy) is 3. The van der Waals surface area contributed by atoms with E-state index in [0.29, 0.717) is 46.7 Å². The molecule has 0 saturated heterocycles. The molecule has 4 rings (SSSR count). The summed E-state index contributed by atoms with van der Waals surface area (Å²) in [6.07, 6.45) is 1.34. The molecule has 1 aromatic heterocycles. The fourth-order valence-electron chi connectivity index (χ4n) is 3.61. The number of ketones is 2. The standard InChI is InChI=1S/C24H23N3O6S/c1-31-8-9-33-19-12-17-16(11-18(19)32-2)24(26-13-25-17)27-20-21(29)14-5-3-4-6-15(14)22(30)23(20)34-10-7-28/h3-6,11-13,23,28H,7-10H2,1-2H3. The van der Waals surface area contributed by atoms with Gasteiger partial charge in [0.05, 0.1) is 25.8 Å². The molecule has 0 bridgehead atoms. The molecule has 1 unspecified atom stereocenters. The molecule has 0 radical (unpaired) electrons. The summed E-state index contributed by atoms with van der Waals surface area (Å²) in [4.78, 5) is 39.7. The first kappa shape index (κ1) is 23.8. The lowest BCUT2D eigenvalue weighted by atomic mass is 9.87. The Morgan fingerprint density at radius 1 is 1.06 bits per heavy atom. The van der Waals surface area contributed by atoms with Crippen LogP contribution in [0.5, 0.6) is 11.5 Å². The van der Waals surface area contributed by atoms with Crippen LogP contribution >= 0.6 is 11.8 Å². The number of aliphatic imine (C=N–C) groups is 1. The summed E-state index contributed by atoms with van der Waals surface area (Å²) in [6, 6.07) is 10.1. The van der Waals surface area contributed by atoms with Crippen molar-refractivity contribution in [3.63, 3.8) is 0 Å². The molecular weight excluding hydrogens is 458 g/mol. The number of aromatic nitrogens is 2. The highest BCUT2D eigenvalue weighted by Gasteiger charge is 2.38. The maximum absolute atomic E-state index is 13.3. The van der Waals surface area contributed by atoms with Crippen LogP contribution in [0.2, 0.25) is 0 Å². The number of carbonyl (C=O) groups is 2. The van der Waals surface area contributed by atoms with E-state index in [-0.39, 0.29) is 35.5 Å². The molecule has 1 heterocycles. The smallest absolute Gasteiger partial charge is 0.209 e. The zero-order chi connectivity index (χ0) is 24.1. The van der Waals surface area contributed by atoms with Crippen molar-refractivity contribution < 1.29 is 28.9 Å². The third-order valence-corrected chi connectivity index (χ3v) is 6.39. The zero-order valence-corrected chi connectivity index (χ0v) is 19.5. The number of Topliss-reactive ketones (excluding diaryl/α,β-unsaturated/α-hetero) is 2. The van der Waals surface area contributed by atoms with Gasteiger partial charge in [-0.3, -0.25) is 9.59 Å². The van der Waals surface area contributed by atoms with Gasteiger partial charge in [0.1, 0.15) is 23.9 Å². The minimum Gasteiger partial charge on any atom is -0.493 e. The van der Waals surface area contributed by atoms with Crippen LogP contribution in [-0.2, 0) is 4.74 Å². The van der Waals surface area contributed by atoms with Gasteiger partial charge in [0, 0.05) is 35.4 Å². The van der Waals surface area contributed by atoms with Gasteiger partial charge < -0.3 is 19.3 Å². The minimum absolute atomic E-state index is 0.0709. The Bertz CT molecular complexity index is 1260. The molecule has 0 fully saturated rings. The topological polar surface area (TPSA) is 120 Å². The van der Waals surface area contributed by atoms with E-state index in [0.717, 1.165) is 0 Å². The van der Waals surface area contributed by atoms with Crippen molar-refractivity contribution in [1.29, 1.82) is 0 Å². The van der Waals surface area contributed by atoms with Gasteiger partial charge in [-0.1, -0.05) is 24.3 Å². The van der Waals surface area contributed by atoms with Crippen LogP contribution in [0.15, 0.2) is 47.7 Å². The quantitative estimate of drug-likeness (QED) is 0.460. The van der Waals surface area contributed by atoms with Crippen molar-refractivity contribution in [2.24, 2.45) is 4.99 Å². The number of rotatable bonds is 9. The number of nitrogens with zero attached hydrogens (tertiary/aromatic N) is 3. The number of fused-ring (bicyclic) bond motifs is 2. The minimum atomic E-state index is -0.849. The molecule has 0 spiro atoms. The maximum Gasteiger partial charge on any atom is 0.209 e. The third-order valence-electron chi connectivity index (χ3n) is 5.20. The van der Waals surface area contributed by atoms with E-state index in [1.54, 1.807) is 43.5 Å². The van der Waals surface area contributed by atoms with Gasteiger partial charge in [-0.25, -0.2) is 15.0 Å². The summed E-state index contributed by atoms with van der Waals surface area (Å²) in [5, 5.41) is 9.00. The highest BCUT2D eigenvalue weighted by Crippen LogP contribution is 2.36. The van der Waals surface area contributed by atoms with E-state index in [1.807, 2.05) is 0 Å². The first-order valence-electron chi connectivity index (χ1n) is 10.5. The van der Waals surface area contributed by atoms with Crippen LogP contribution in [-0.4, -0.2) is 77.4 Å². The molecule has 1 N–H and O–H groups in total. The number of benzene rings is 2. The molecule has 9 nitrogen and oxygen atoms in total. The van der Waals surface area contributed by atoms with Crippen LogP contribution in [0.4, 0.5) is 5.82 Å². The van der Waals surface area contributed by atoms with E-state index >= 15 is 0 Å². The second kappa shape index (κ2) is 10.7. The molecule has 3 aromatic rings. The fraction of sp³-hybridized carbons (Fsp3) is 0.292. The monoisotopic (exact) mass is 481 g/mol. The molecule has 176 valence electrons. The Morgan fingerprint density at radius 3 is 2.59 bits per heavy atom. The zero-order valence-electron chi connectivity index (χ0n) is 18.7. The van der Waals surface area contributed by atoms with Gasteiger partial charge >= 0.3 is 0 Å². The molecule has 1 aliphatic carbocycles. The summed E-state index contributed by atoms with van der Waals surface area (Å²) < 4.78 is 16.2. The number of aliphatic hydroxyl groups is 1. The molecule has 34 heavy (non-hydrogen) atoms. The molecular formula is C24H23N3O6S. The van der Waals surface area contributed by atoms with Gasteiger partial charge in [0.25, 0.3) is 0 Å². The van der Waals surface area contributed by atoms with Crippen molar-refractivity contribution in [2.45, 2.75) is 5.25 Å². The first-order valence-corrected chi connectivity index (χ1v) is 11.6. The lowest BCUT2D eigenvalue weighted by Crippen LogP contribution is -2.39. The maximum atomic E-state index is 13.3. The van der Waals surface area contributed by atoms with Gasteiger partial charge in [0.2, 0.25) is 5.78 Å². The average molecular weight is 482 g/mol. The number of thioether (sulfide) groups is 1. The highest BCUT2D eigenvalue weighted by molar-refractivity contribution is 8.01. The Labute approximate surface area is 200 Å². The molecule has 1 aliphatic rings. The van der Waals surface area contributed by atoms with E-state index in [4.69, 9.17) is 14.2 Å². The van der Waals surface area contributed by atoms with E-state index in [2.05, 4.69) is 15.0 Å². The largest absolute Gasteiger partial charge is 0.493 e. The SMILES string of the molecule is COCCOc1cc2ncnc(N=C3C(=O)c4ccccc4C(=O)C3SCCO)c2cc1OC. The third kappa shape index (κ3) is 4.65.